The Morgan fingerprint density at radius 2 is 2.31 bits per heavy atom. The van der Waals surface area contributed by atoms with Crippen LogP contribution in [-0.4, -0.2) is 25.2 Å². The Kier molecular flexibility index (Phi) is 5.17. The molecule has 74 valence electrons. The molecule has 0 aromatic carbocycles. The van der Waals surface area contributed by atoms with E-state index in [0.29, 0.717) is 6.54 Å². The summed E-state index contributed by atoms with van der Waals surface area (Å²) in [6, 6.07) is 0. The average molecular weight is 183 g/mol. The van der Waals surface area contributed by atoms with Crippen molar-refractivity contribution >= 4 is 5.97 Å². The molecule has 0 spiro atoms. The minimum absolute atomic E-state index is 0.260. The lowest BCUT2D eigenvalue weighted by Crippen LogP contribution is -2.50. The lowest BCUT2D eigenvalue weighted by molar-refractivity contribution is -0.148. The predicted octanol–water partition coefficient (Wildman–Crippen LogP) is 0.941. The molecule has 0 aliphatic heterocycles. The largest absolute Gasteiger partial charge is 0.468 e. The monoisotopic (exact) mass is 183 g/mol. The van der Waals surface area contributed by atoms with Crippen molar-refractivity contribution in [2.45, 2.75) is 32.2 Å². The SMILES string of the molecule is C#CCNC(C)(CCC)C(=O)OC. The van der Waals surface area contributed by atoms with Crippen LogP contribution in [0.5, 0.6) is 0 Å². The molecule has 0 aromatic rings. The quantitative estimate of drug-likeness (QED) is 0.509. The first-order chi connectivity index (χ1) is 6.10. The predicted molar refractivity (Wildman–Crippen MR) is 52.2 cm³/mol. The first kappa shape index (κ1) is 12.0. The zero-order valence-electron chi connectivity index (χ0n) is 8.52. The Morgan fingerprint density at radius 3 is 2.69 bits per heavy atom. The van der Waals surface area contributed by atoms with Crippen LogP contribution in [0.4, 0.5) is 0 Å². The summed E-state index contributed by atoms with van der Waals surface area (Å²) in [7, 11) is 1.38. The normalized spacial score (nSPS) is 14.3. The van der Waals surface area contributed by atoms with Gasteiger partial charge in [-0.15, -0.1) is 6.42 Å². The molecule has 1 atom stereocenters. The number of nitrogens with one attached hydrogen (secondary N) is 1. The number of rotatable bonds is 5. The zero-order chi connectivity index (χ0) is 10.3. The van der Waals surface area contributed by atoms with Crippen LogP contribution in [-0.2, 0) is 9.53 Å². The topological polar surface area (TPSA) is 38.3 Å². The molecule has 1 N–H and O–H groups in total. The highest BCUT2D eigenvalue weighted by molar-refractivity contribution is 5.80. The number of methoxy groups -OCH3 is 1. The summed E-state index contributed by atoms with van der Waals surface area (Å²) in [5.41, 5.74) is -0.643. The van der Waals surface area contributed by atoms with E-state index in [1.165, 1.54) is 7.11 Å². The summed E-state index contributed by atoms with van der Waals surface area (Å²) >= 11 is 0. The van der Waals surface area contributed by atoms with Gasteiger partial charge in [0.25, 0.3) is 0 Å². The van der Waals surface area contributed by atoms with E-state index in [9.17, 15) is 4.79 Å². The number of terminal acetylenes is 1. The Labute approximate surface area is 79.8 Å². The van der Waals surface area contributed by atoms with Crippen LogP contribution in [0.25, 0.3) is 0 Å². The van der Waals surface area contributed by atoms with Gasteiger partial charge in [0, 0.05) is 0 Å². The molecule has 0 fully saturated rings. The van der Waals surface area contributed by atoms with E-state index in [1.54, 1.807) is 6.92 Å². The molecule has 0 amide bonds. The van der Waals surface area contributed by atoms with E-state index in [4.69, 9.17) is 11.2 Å². The van der Waals surface area contributed by atoms with Gasteiger partial charge in [0.05, 0.1) is 13.7 Å². The summed E-state index contributed by atoms with van der Waals surface area (Å²) in [4.78, 5) is 11.4. The maximum Gasteiger partial charge on any atom is 0.325 e. The van der Waals surface area contributed by atoms with E-state index in [1.807, 2.05) is 6.92 Å². The first-order valence-corrected chi connectivity index (χ1v) is 4.37. The fourth-order valence-corrected chi connectivity index (χ4v) is 1.23. The van der Waals surface area contributed by atoms with Crippen molar-refractivity contribution in [3.63, 3.8) is 0 Å². The number of hydrogen-bond donors (Lipinski definition) is 1. The molecule has 0 aliphatic carbocycles. The lowest BCUT2D eigenvalue weighted by Gasteiger charge is -2.26. The second-order valence-corrected chi connectivity index (χ2v) is 3.13. The van der Waals surface area contributed by atoms with E-state index in [-0.39, 0.29) is 5.97 Å². The van der Waals surface area contributed by atoms with Gasteiger partial charge in [0.1, 0.15) is 5.54 Å². The summed E-state index contributed by atoms with van der Waals surface area (Å²) < 4.78 is 4.69. The summed E-state index contributed by atoms with van der Waals surface area (Å²) in [6.07, 6.45) is 6.74. The number of carbonyl (C=O) groups is 1. The van der Waals surface area contributed by atoms with Gasteiger partial charge in [-0.25, -0.2) is 0 Å². The number of esters is 1. The van der Waals surface area contributed by atoms with Crippen LogP contribution in [0, 0.1) is 12.3 Å². The van der Waals surface area contributed by atoms with Gasteiger partial charge >= 0.3 is 5.97 Å². The highest BCUT2D eigenvalue weighted by Crippen LogP contribution is 2.13. The van der Waals surface area contributed by atoms with Crippen molar-refractivity contribution in [2.75, 3.05) is 13.7 Å². The van der Waals surface area contributed by atoms with Crippen LogP contribution < -0.4 is 5.32 Å². The second kappa shape index (κ2) is 5.60. The first-order valence-electron chi connectivity index (χ1n) is 4.37. The van der Waals surface area contributed by atoms with Crippen LogP contribution in [0.3, 0.4) is 0 Å². The highest BCUT2D eigenvalue weighted by atomic mass is 16.5. The molecule has 0 rings (SSSR count). The fourth-order valence-electron chi connectivity index (χ4n) is 1.23. The standard InChI is InChI=1S/C10H17NO2/c1-5-7-10(3,9(12)13-4)11-8-6-2/h2,11H,5,7-8H2,1,3-4H3. The van der Waals surface area contributed by atoms with Crippen molar-refractivity contribution in [2.24, 2.45) is 0 Å². The minimum Gasteiger partial charge on any atom is -0.468 e. The van der Waals surface area contributed by atoms with Crippen LogP contribution >= 0.6 is 0 Å². The Hall–Kier alpha value is -1.01. The van der Waals surface area contributed by atoms with Gasteiger partial charge in [-0.3, -0.25) is 10.1 Å². The molecule has 3 nitrogen and oxygen atoms in total. The molecule has 1 unspecified atom stereocenters. The smallest absolute Gasteiger partial charge is 0.325 e. The molecule has 0 bridgehead atoms. The molecule has 0 aromatic heterocycles. The molecule has 0 aliphatic rings. The molecule has 3 heteroatoms. The van der Waals surface area contributed by atoms with Crippen molar-refractivity contribution in [3.8, 4) is 12.3 Å². The van der Waals surface area contributed by atoms with Gasteiger partial charge < -0.3 is 4.74 Å². The molecular weight excluding hydrogens is 166 g/mol. The van der Waals surface area contributed by atoms with Crippen molar-refractivity contribution < 1.29 is 9.53 Å². The molecule has 13 heavy (non-hydrogen) atoms. The van der Waals surface area contributed by atoms with E-state index in [0.717, 1.165) is 12.8 Å². The van der Waals surface area contributed by atoms with Crippen molar-refractivity contribution in [1.82, 2.24) is 5.32 Å². The average Bonchev–Trinajstić information content (AvgIpc) is 2.14. The minimum atomic E-state index is -0.643. The van der Waals surface area contributed by atoms with E-state index in [2.05, 4.69) is 11.2 Å². The highest BCUT2D eigenvalue weighted by Gasteiger charge is 2.32. The van der Waals surface area contributed by atoms with Crippen LogP contribution in [0.1, 0.15) is 26.7 Å². The van der Waals surface area contributed by atoms with Crippen LogP contribution in [0.2, 0.25) is 0 Å². The lowest BCUT2D eigenvalue weighted by atomic mass is 9.96. The third kappa shape index (κ3) is 3.47. The number of carbonyl (C=O) groups excluding carboxylic acids is 1. The van der Waals surface area contributed by atoms with Crippen molar-refractivity contribution in [1.29, 1.82) is 0 Å². The Balaban J connectivity index is 4.34. The summed E-state index contributed by atoms with van der Waals surface area (Å²) in [6.45, 7) is 4.20. The summed E-state index contributed by atoms with van der Waals surface area (Å²) in [5.74, 6) is 2.18. The fraction of sp³-hybridized carbons (Fsp3) is 0.700. The van der Waals surface area contributed by atoms with Gasteiger partial charge in [-0.1, -0.05) is 19.3 Å². The van der Waals surface area contributed by atoms with Gasteiger partial charge in [0.2, 0.25) is 0 Å². The van der Waals surface area contributed by atoms with Crippen molar-refractivity contribution in [3.05, 3.63) is 0 Å². The molecule has 0 saturated heterocycles. The third-order valence-corrected chi connectivity index (χ3v) is 1.97. The Morgan fingerprint density at radius 1 is 1.69 bits per heavy atom. The molecule has 0 heterocycles. The number of ether oxygens (including phenoxy) is 1. The van der Waals surface area contributed by atoms with E-state index < -0.39 is 5.54 Å². The van der Waals surface area contributed by atoms with Gasteiger partial charge in [-0.05, 0) is 13.3 Å². The second-order valence-electron chi connectivity index (χ2n) is 3.13. The maximum atomic E-state index is 11.4. The Bertz CT molecular complexity index is 207. The van der Waals surface area contributed by atoms with E-state index >= 15 is 0 Å². The molecule has 0 radical (unpaired) electrons. The third-order valence-electron chi connectivity index (χ3n) is 1.97. The molecule has 0 saturated carbocycles. The zero-order valence-corrected chi connectivity index (χ0v) is 8.52. The number of hydrogen-bond acceptors (Lipinski definition) is 3. The summed E-state index contributed by atoms with van der Waals surface area (Å²) in [5, 5.41) is 2.99. The van der Waals surface area contributed by atoms with Gasteiger partial charge in [-0.2, -0.15) is 0 Å². The molecular formula is C10H17NO2. The maximum absolute atomic E-state index is 11.4. The van der Waals surface area contributed by atoms with Gasteiger partial charge in [0.15, 0.2) is 0 Å². The van der Waals surface area contributed by atoms with Crippen LogP contribution in [0.15, 0.2) is 0 Å².